The third-order valence-corrected chi connectivity index (χ3v) is 5.34. The first kappa shape index (κ1) is 21.0. The number of aliphatic hydroxyl groups excluding tert-OH is 1. The van der Waals surface area contributed by atoms with Crippen LogP contribution in [0.1, 0.15) is 73.6 Å². The average molecular weight is 396 g/mol. The normalized spacial score (nSPS) is 19.2. The number of fused-ring (bicyclic) bond motifs is 1. The molecule has 2 aliphatic rings. The van der Waals surface area contributed by atoms with Crippen LogP contribution in [-0.2, 0) is 4.79 Å². The van der Waals surface area contributed by atoms with E-state index in [4.69, 9.17) is 0 Å². The molecular formula is C23H28N2O4. The fraction of sp³-hybridized carbons (Fsp3) is 0.478. The number of Topliss-reactive ketones (excluding diaryl/α,β-unsaturated/α-hetero) is 1. The van der Waals surface area contributed by atoms with Gasteiger partial charge in [0.1, 0.15) is 5.76 Å². The summed E-state index contributed by atoms with van der Waals surface area (Å²) < 4.78 is 0. The van der Waals surface area contributed by atoms with E-state index in [2.05, 4.69) is 4.99 Å². The Balaban J connectivity index is 1.73. The van der Waals surface area contributed by atoms with Crippen LogP contribution in [0.5, 0.6) is 0 Å². The van der Waals surface area contributed by atoms with E-state index >= 15 is 0 Å². The van der Waals surface area contributed by atoms with E-state index in [0.29, 0.717) is 54.6 Å². The topological polar surface area (TPSA) is 87.0 Å². The molecule has 1 aliphatic carbocycles. The minimum atomic E-state index is -0.282. The van der Waals surface area contributed by atoms with Crippen molar-refractivity contribution in [2.24, 2.45) is 10.4 Å². The summed E-state index contributed by atoms with van der Waals surface area (Å²) in [7, 11) is 0. The quantitative estimate of drug-likeness (QED) is 0.555. The molecule has 6 nitrogen and oxygen atoms in total. The van der Waals surface area contributed by atoms with Gasteiger partial charge in [0.15, 0.2) is 5.78 Å². The fourth-order valence-electron chi connectivity index (χ4n) is 3.99. The zero-order valence-electron chi connectivity index (χ0n) is 17.3. The van der Waals surface area contributed by atoms with Gasteiger partial charge in [0, 0.05) is 31.6 Å². The second-order valence-corrected chi connectivity index (χ2v) is 8.50. The largest absolute Gasteiger partial charge is 0.511 e. The number of carbonyl (C=O) groups excluding carboxylic acids is 3. The number of hydrogen-bond donors (Lipinski definition) is 1. The van der Waals surface area contributed by atoms with Gasteiger partial charge in [-0.25, -0.2) is 0 Å². The smallest absolute Gasteiger partial charge is 0.261 e. The van der Waals surface area contributed by atoms with Gasteiger partial charge in [-0.3, -0.25) is 24.3 Å². The van der Waals surface area contributed by atoms with Crippen molar-refractivity contribution in [3.8, 4) is 0 Å². The van der Waals surface area contributed by atoms with Crippen LogP contribution >= 0.6 is 0 Å². The van der Waals surface area contributed by atoms with Crippen LogP contribution in [0, 0.1) is 5.41 Å². The maximum absolute atomic E-state index is 12.7. The first-order valence-electron chi connectivity index (χ1n) is 10.2. The number of carbonyl (C=O) groups is 3. The molecule has 1 aromatic carbocycles. The highest BCUT2D eigenvalue weighted by atomic mass is 16.3. The summed E-state index contributed by atoms with van der Waals surface area (Å²) in [5, 5.41) is 10.5. The molecule has 0 aromatic heterocycles. The van der Waals surface area contributed by atoms with Gasteiger partial charge in [0.05, 0.1) is 16.7 Å². The second-order valence-electron chi connectivity index (χ2n) is 8.50. The predicted molar refractivity (Wildman–Crippen MR) is 111 cm³/mol. The number of aliphatic imine (C=N–C) groups is 1. The molecule has 6 heteroatoms. The molecular weight excluding hydrogens is 368 g/mol. The van der Waals surface area contributed by atoms with Crippen LogP contribution in [0.15, 0.2) is 40.6 Å². The third-order valence-electron chi connectivity index (χ3n) is 5.34. The first-order chi connectivity index (χ1) is 13.7. The molecule has 0 spiro atoms. The summed E-state index contributed by atoms with van der Waals surface area (Å²) in [6.07, 6.45) is 2.56. The summed E-state index contributed by atoms with van der Waals surface area (Å²) in [6, 6.07) is 6.81. The lowest BCUT2D eigenvalue weighted by molar-refractivity contribution is -0.118. The van der Waals surface area contributed by atoms with Gasteiger partial charge in [-0.1, -0.05) is 32.9 Å². The number of hydrogen-bond acceptors (Lipinski definition) is 5. The van der Waals surface area contributed by atoms with Gasteiger partial charge in [-0.15, -0.1) is 0 Å². The lowest BCUT2D eigenvalue weighted by atomic mass is 9.75. The van der Waals surface area contributed by atoms with Crippen molar-refractivity contribution < 1.29 is 19.5 Å². The summed E-state index contributed by atoms with van der Waals surface area (Å²) in [5.74, 6) is -0.554. The molecule has 3 rings (SSSR count). The number of aliphatic hydroxyl groups is 1. The van der Waals surface area contributed by atoms with Crippen molar-refractivity contribution in [3.63, 3.8) is 0 Å². The van der Waals surface area contributed by atoms with Crippen molar-refractivity contribution in [1.82, 2.24) is 4.90 Å². The maximum Gasteiger partial charge on any atom is 0.261 e. The first-order valence-corrected chi connectivity index (χ1v) is 10.2. The lowest BCUT2D eigenvalue weighted by Gasteiger charge is -2.30. The van der Waals surface area contributed by atoms with Crippen molar-refractivity contribution in [3.05, 3.63) is 46.7 Å². The van der Waals surface area contributed by atoms with Crippen LogP contribution in [0.25, 0.3) is 0 Å². The Labute approximate surface area is 171 Å². The molecule has 0 bridgehead atoms. The second kappa shape index (κ2) is 8.31. The van der Waals surface area contributed by atoms with Gasteiger partial charge < -0.3 is 5.11 Å². The average Bonchev–Trinajstić information content (AvgIpc) is 2.89. The number of nitrogens with zero attached hydrogens (tertiary/aromatic N) is 2. The van der Waals surface area contributed by atoms with Gasteiger partial charge >= 0.3 is 0 Å². The summed E-state index contributed by atoms with van der Waals surface area (Å²) in [5.41, 5.74) is 1.52. The van der Waals surface area contributed by atoms with Crippen LogP contribution in [-0.4, -0.2) is 46.4 Å². The highest BCUT2D eigenvalue weighted by Crippen LogP contribution is 2.36. The molecule has 0 radical (unpaired) electrons. The Morgan fingerprint density at radius 1 is 1.10 bits per heavy atom. The molecule has 29 heavy (non-hydrogen) atoms. The van der Waals surface area contributed by atoms with E-state index < -0.39 is 0 Å². The Kier molecular flexibility index (Phi) is 6.01. The highest BCUT2D eigenvalue weighted by Gasteiger charge is 2.36. The van der Waals surface area contributed by atoms with Gasteiger partial charge in [-0.05, 0) is 36.8 Å². The SMILES string of the molecule is CCCN=C(CCCN1C(=O)c2ccccc2C1=O)C1=C(O)CC(C)(C)CC1=O. The zero-order valence-corrected chi connectivity index (χ0v) is 17.3. The van der Waals surface area contributed by atoms with Crippen molar-refractivity contribution >= 4 is 23.3 Å². The monoisotopic (exact) mass is 396 g/mol. The standard InChI is InChI=1S/C23H28N2O4/c1-4-11-24-17(20-18(26)13-23(2,3)14-19(20)27)10-7-12-25-21(28)15-8-5-6-9-16(15)22(25)29/h5-6,8-9,26H,4,7,10-14H2,1-3H3. The summed E-state index contributed by atoms with van der Waals surface area (Å²) in [6.45, 7) is 6.74. The van der Waals surface area contributed by atoms with E-state index in [1.807, 2.05) is 20.8 Å². The molecule has 0 unspecified atom stereocenters. The van der Waals surface area contributed by atoms with E-state index in [-0.39, 0.29) is 35.3 Å². The van der Waals surface area contributed by atoms with Gasteiger partial charge in [0.2, 0.25) is 0 Å². The molecule has 2 amide bonds. The van der Waals surface area contributed by atoms with E-state index in [9.17, 15) is 19.5 Å². The number of rotatable bonds is 7. The summed E-state index contributed by atoms with van der Waals surface area (Å²) in [4.78, 5) is 43.5. The number of allylic oxidation sites excluding steroid dienone is 2. The maximum atomic E-state index is 12.7. The van der Waals surface area contributed by atoms with Crippen molar-refractivity contribution in [2.75, 3.05) is 13.1 Å². The Bertz CT molecular complexity index is 876. The number of benzene rings is 1. The van der Waals surface area contributed by atoms with Crippen molar-refractivity contribution in [2.45, 2.75) is 52.9 Å². The van der Waals surface area contributed by atoms with Crippen molar-refractivity contribution in [1.29, 1.82) is 0 Å². The number of amides is 2. The molecule has 0 fully saturated rings. The van der Waals surface area contributed by atoms with E-state index in [1.165, 1.54) is 4.90 Å². The van der Waals surface area contributed by atoms with Crippen LogP contribution < -0.4 is 0 Å². The molecule has 1 aliphatic heterocycles. The van der Waals surface area contributed by atoms with Crippen LogP contribution in [0.4, 0.5) is 0 Å². The molecule has 1 N–H and O–H groups in total. The zero-order chi connectivity index (χ0) is 21.2. The lowest BCUT2D eigenvalue weighted by Crippen LogP contribution is -2.32. The number of ketones is 1. The molecule has 1 heterocycles. The summed E-state index contributed by atoms with van der Waals surface area (Å²) >= 11 is 0. The Morgan fingerprint density at radius 2 is 1.72 bits per heavy atom. The predicted octanol–water partition coefficient (Wildman–Crippen LogP) is 4.12. The molecule has 0 saturated heterocycles. The molecule has 0 saturated carbocycles. The van der Waals surface area contributed by atoms with E-state index in [1.54, 1.807) is 24.3 Å². The molecule has 1 aromatic rings. The van der Waals surface area contributed by atoms with E-state index in [0.717, 1.165) is 6.42 Å². The minimum Gasteiger partial charge on any atom is -0.511 e. The third kappa shape index (κ3) is 4.31. The Hall–Kier alpha value is -2.76. The number of imide groups is 1. The van der Waals surface area contributed by atoms with Crippen LogP contribution in [0.3, 0.4) is 0 Å². The Morgan fingerprint density at radius 3 is 2.28 bits per heavy atom. The minimum absolute atomic E-state index is 0.0886. The fourth-order valence-corrected chi connectivity index (χ4v) is 3.99. The highest BCUT2D eigenvalue weighted by molar-refractivity contribution is 6.23. The molecule has 0 atom stereocenters. The van der Waals surface area contributed by atoms with Gasteiger partial charge in [0.25, 0.3) is 11.8 Å². The molecule has 154 valence electrons. The van der Waals surface area contributed by atoms with Gasteiger partial charge in [-0.2, -0.15) is 0 Å². The van der Waals surface area contributed by atoms with Crippen LogP contribution in [0.2, 0.25) is 0 Å².